The highest BCUT2D eigenvalue weighted by Gasteiger charge is 2.28. The van der Waals surface area contributed by atoms with Gasteiger partial charge in [0, 0.05) is 30.9 Å². The van der Waals surface area contributed by atoms with Crippen LogP contribution in [0.15, 0.2) is 18.2 Å². The van der Waals surface area contributed by atoms with E-state index in [2.05, 4.69) is 13.8 Å². The zero-order valence-corrected chi connectivity index (χ0v) is 11.7. The minimum Gasteiger partial charge on any atom is -0.398 e. The molecule has 1 heterocycles. The summed E-state index contributed by atoms with van der Waals surface area (Å²) in [5, 5.41) is 10.8. The van der Waals surface area contributed by atoms with Crippen LogP contribution in [0.2, 0.25) is 0 Å². The third-order valence-electron chi connectivity index (χ3n) is 4.10. The van der Waals surface area contributed by atoms with Crippen LogP contribution in [0.5, 0.6) is 0 Å². The first-order chi connectivity index (χ1) is 9.40. The monoisotopic (exact) mass is 277 g/mol. The number of hydrogen-bond acceptors (Lipinski definition) is 4. The van der Waals surface area contributed by atoms with Gasteiger partial charge >= 0.3 is 0 Å². The number of nitro groups is 1. The second-order valence-electron chi connectivity index (χ2n) is 5.52. The van der Waals surface area contributed by atoms with Crippen LogP contribution in [0.25, 0.3) is 0 Å². The number of nitro benzene ring substituents is 1. The number of carbonyl (C=O) groups excluding carboxylic acids is 1. The Labute approximate surface area is 117 Å². The van der Waals surface area contributed by atoms with Crippen molar-refractivity contribution in [1.29, 1.82) is 0 Å². The van der Waals surface area contributed by atoms with Crippen molar-refractivity contribution < 1.29 is 9.72 Å². The largest absolute Gasteiger partial charge is 0.398 e. The van der Waals surface area contributed by atoms with E-state index in [1.54, 1.807) is 4.90 Å². The molecular weight excluding hydrogens is 258 g/mol. The summed E-state index contributed by atoms with van der Waals surface area (Å²) in [6.07, 6.45) is 0.946. The standard InChI is InChI=1S/C14H19N3O3/c1-9-5-6-16(8-10(9)2)14(18)12-7-11(17(19)20)3-4-13(12)15/h3-4,7,9-10H,5-6,8,15H2,1-2H3. The molecule has 6 nitrogen and oxygen atoms in total. The minimum absolute atomic E-state index is 0.110. The Hall–Kier alpha value is -2.11. The summed E-state index contributed by atoms with van der Waals surface area (Å²) < 4.78 is 0. The van der Waals surface area contributed by atoms with Crippen molar-refractivity contribution in [2.24, 2.45) is 11.8 Å². The smallest absolute Gasteiger partial charge is 0.270 e. The molecule has 1 amide bonds. The number of nitrogen functional groups attached to an aromatic ring is 1. The number of carbonyl (C=O) groups is 1. The molecule has 2 unspecified atom stereocenters. The molecule has 20 heavy (non-hydrogen) atoms. The SMILES string of the molecule is CC1CCN(C(=O)c2cc([N+](=O)[O-])ccc2N)CC1C. The number of amides is 1. The predicted molar refractivity (Wildman–Crippen MR) is 76.4 cm³/mol. The lowest BCUT2D eigenvalue weighted by Crippen LogP contribution is -2.42. The molecule has 1 saturated heterocycles. The third-order valence-corrected chi connectivity index (χ3v) is 4.10. The Morgan fingerprint density at radius 1 is 1.40 bits per heavy atom. The van der Waals surface area contributed by atoms with Crippen LogP contribution < -0.4 is 5.73 Å². The van der Waals surface area contributed by atoms with Crippen molar-refractivity contribution in [3.05, 3.63) is 33.9 Å². The van der Waals surface area contributed by atoms with Crippen LogP contribution in [0.1, 0.15) is 30.6 Å². The van der Waals surface area contributed by atoms with Gasteiger partial charge in [-0.3, -0.25) is 14.9 Å². The number of hydrogen-bond donors (Lipinski definition) is 1. The number of non-ortho nitro benzene ring substituents is 1. The van der Waals surface area contributed by atoms with E-state index in [0.717, 1.165) is 6.42 Å². The first-order valence-electron chi connectivity index (χ1n) is 6.73. The van der Waals surface area contributed by atoms with Crippen molar-refractivity contribution in [1.82, 2.24) is 4.90 Å². The Morgan fingerprint density at radius 2 is 2.10 bits per heavy atom. The molecule has 0 radical (unpaired) electrons. The second kappa shape index (κ2) is 5.48. The van der Waals surface area contributed by atoms with Crippen LogP contribution in [0.3, 0.4) is 0 Å². The number of nitrogens with two attached hydrogens (primary N) is 1. The summed E-state index contributed by atoms with van der Waals surface area (Å²) >= 11 is 0. The van der Waals surface area contributed by atoms with E-state index in [0.29, 0.717) is 24.9 Å². The maximum Gasteiger partial charge on any atom is 0.270 e. The topological polar surface area (TPSA) is 89.5 Å². The maximum absolute atomic E-state index is 12.5. The summed E-state index contributed by atoms with van der Waals surface area (Å²) in [6.45, 7) is 5.63. The molecule has 1 fully saturated rings. The number of rotatable bonds is 2. The van der Waals surface area contributed by atoms with Gasteiger partial charge in [-0.1, -0.05) is 13.8 Å². The summed E-state index contributed by atoms with van der Waals surface area (Å²) in [5.74, 6) is 0.791. The van der Waals surface area contributed by atoms with Gasteiger partial charge in [0.05, 0.1) is 10.5 Å². The lowest BCUT2D eigenvalue weighted by Gasteiger charge is -2.35. The van der Waals surface area contributed by atoms with Gasteiger partial charge in [0.15, 0.2) is 0 Å². The fraction of sp³-hybridized carbons (Fsp3) is 0.500. The minimum atomic E-state index is -0.517. The van der Waals surface area contributed by atoms with Gasteiger partial charge in [0.1, 0.15) is 0 Å². The van der Waals surface area contributed by atoms with Crippen LogP contribution in [0, 0.1) is 22.0 Å². The van der Waals surface area contributed by atoms with Crippen molar-refractivity contribution in [3.63, 3.8) is 0 Å². The predicted octanol–water partition coefficient (Wildman–Crippen LogP) is 2.30. The fourth-order valence-electron chi connectivity index (χ4n) is 2.46. The number of piperidine rings is 1. The summed E-state index contributed by atoms with van der Waals surface area (Å²) in [6, 6.07) is 3.99. The lowest BCUT2D eigenvalue weighted by molar-refractivity contribution is -0.384. The average molecular weight is 277 g/mol. The van der Waals surface area contributed by atoms with E-state index in [1.807, 2.05) is 0 Å². The van der Waals surface area contributed by atoms with Gasteiger partial charge in [-0.15, -0.1) is 0 Å². The van der Waals surface area contributed by atoms with Gasteiger partial charge < -0.3 is 10.6 Å². The number of likely N-dealkylation sites (tertiary alicyclic amines) is 1. The molecule has 2 rings (SSSR count). The van der Waals surface area contributed by atoms with Gasteiger partial charge in [-0.25, -0.2) is 0 Å². The van der Waals surface area contributed by atoms with Crippen molar-refractivity contribution in [2.45, 2.75) is 20.3 Å². The molecule has 0 saturated carbocycles. The van der Waals surface area contributed by atoms with E-state index < -0.39 is 4.92 Å². The molecule has 2 N–H and O–H groups in total. The Bertz CT molecular complexity index is 544. The molecule has 108 valence electrons. The Kier molecular flexibility index (Phi) is 3.92. The molecule has 1 aliphatic rings. The molecule has 0 bridgehead atoms. The van der Waals surface area contributed by atoms with Crippen LogP contribution in [0.4, 0.5) is 11.4 Å². The van der Waals surface area contributed by atoms with E-state index in [1.165, 1.54) is 18.2 Å². The molecule has 0 spiro atoms. The fourth-order valence-corrected chi connectivity index (χ4v) is 2.46. The van der Waals surface area contributed by atoms with Gasteiger partial charge in [0.2, 0.25) is 0 Å². The average Bonchev–Trinajstić information content (AvgIpc) is 2.41. The van der Waals surface area contributed by atoms with Gasteiger partial charge in [-0.05, 0) is 24.3 Å². The quantitative estimate of drug-likeness (QED) is 0.510. The molecule has 1 aliphatic heterocycles. The number of benzene rings is 1. The second-order valence-corrected chi connectivity index (χ2v) is 5.52. The van der Waals surface area contributed by atoms with Crippen molar-refractivity contribution in [2.75, 3.05) is 18.8 Å². The van der Waals surface area contributed by atoms with Crippen LogP contribution >= 0.6 is 0 Å². The third kappa shape index (κ3) is 2.74. The first-order valence-corrected chi connectivity index (χ1v) is 6.73. The molecule has 6 heteroatoms. The summed E-state index contributed by atoms with van der Waals surface area (Å²) in [7, 11) is 0. The molecular formula is C14H19N3O3. The highest BCUT2D eigenvalue weighted by atomic mass is 16.6. The number of nitrogens with zero attached hydrogens (tertiary/aromatic N) is 2. The first kappa shape index (κ1) is 14.3. The van der Waals surface area contributed by atoms with Crippen molar-refractivity contribution in [3.8, 4) is 0 Å². The van der Waals surface area contributed by atoms with Crippen molar-refractivity contribution >= 4 is 17.3 Å². The summed E-state index contributed by atoms with van der Waals surface area (Å²) in [5.41, 5.74) is 6.19. The van der Waals surface area contributed by atoms with Gasteiger partial charge in [0.25, 0.3) is 11.6 Å². The summed E-state index contributed by atoms with van der Waals surface area (Å²) in [4.78, 5) is 24.5. The van der Waals surface area contributed by atoms with E-state index in [9.17, 15) is 14.9 Å². The Balaban J connectivity index is 2.25. The van der Waals surface area contributed by atoms with E-state index >= 15 is 0 Å². The van der Waals surface area contributed by atoms with Gasteiger partial charge in [-0.2, -0.15) is 0 Å². The molecule has 1 aromatic rings. The van der Waals surface area contributed by atoms with Crippen LogP contribution in [-0.2, 0) is 0 Å². The molecule has 2 atom stereocenters. The highest BCUT2D eigenvalue weighted by molar-refractivity contribution is 5.99. The van der Waals surface area contributed by atoms with E-state index in [-0.39, 0.29) is 22.8 Å². The Morgan fingerprint density at radius 3 is 2.70 bits per heavy atom. The zero-order valence-electron chi connectivity index (χ0n) is 11.7. The normalized spacial score (nSPS) is 22.6. The maximum atomic E-state index is 12.5. The van der Waals surface area contributed by atoms with E-state index in [4.69, 9.17) is 5.73 Å². The lowest BCUT2D eigenvalue weighted by atomic mass is 9.88. The van der Waals surface area contributed by atoms with Crippen LogP contribution in [-0.4, -0.2) is 28.8 Å². The zero-order chi connectivity index (χ0) is 14.9. The molecule has 0 aromatic heterocycles. The molecule has 1 aromatic carbocycles. The highest BCUT2D eigenvalue weighted by Crippen LogP contribution is 2.26. The molecule has 0 aliphatic carbocycles. The number of anilines is 1.